The fourth-order valence-electron chi connectivity index (χ4n) is 6.49. The van der Waals surface area contributed by atoms with Gasteiger partial charge in [0.1, 0.15) is 18.0 Å². The van der Waals surface area contributed by atoms with Gasteiger partial charge in [-0.2, -0.15) is 5.01 Å². The van der Waals surface area contributed by atoms with E-state index in [4.69, 9.17) is 21.1 Å². The third kappa shape index (κ3) is 4.83. The number of fused-ring (bicyclic) bond motifs is 5. The van der Waals surface area contributed by atoms with Crippen LogP contribution in [0.1, 0.15) is 50.3 Å². The Bertz CT molecular complexity index is 1580. The number of Topliss-reactive ketones (excluding diaryl/α,β-unsaturated/α-hetero) is 1. The van der Waals surface area contributed by atoms with Crippen molar-refractivity contribution < 1.29 is 33.4 Å². The molecule has 3 aromatic rings. The molecule has 3 aromatic carbocycles. The predicted molar refractivity (Wildman–Crippen MR) is 151 cm³/mol. The molecule has 0 radical (unpaired) electrons. The van der Waals surface area contributed by atoms with Crippen LogP contribution in [0.15, 0.2) is 72.8 Å². The van der Waals surface area contributed by atoms with Gasteiger partial charge in [-0.05, 0) is 85.7 Å². The average molecular weight is 587 g/mol. The van der Waals surface area contributed by atoms with Crippen molar-refractivity contribution in [1.82, 2.24) is 10.0 Å². The van der Waals surface area contributed by atoms with Gasteiger partial charge in [0.2, 0.25) is 0 Å². The molecule has 1 aliphatic heterocycles. The molecule has 3 fully saturated rings. The summed E-state index contributed by atoms with van der Waals surface area (Å²) < 4.78 is 10.6. The fourth-order valence-corrected chi connectivity index (χ4v) is 6.71. The first kappa shape index (κ1) is 27.7. The fraction of sp³-hybridized carbons (Fsp3) is 0.281. The quantitative estimate of drug-likeness (QED) is 0.161. The monoisotopic (exact) mass is 586 g/mol. The lowest BCUT2D eigenvalue weighted by atomic mass is 9.81. The number of esters is 1. The van der Waals surface area contributed by atoms with Crippen molar-refractivity contribution in [3.8, 4) is 11.5 Å². The third-order valence-electron chi connectivity index (χ3n) is 8.47. The molecule has 0 N–H and O–H groups in total. The Kier molecular flexibility index (Phi) is 7.28. The summed E-state index contributed by atoms with van der Waals surface area (Å²) in [5.74, 6) is -2.70. The molecule has 214 valence electrons. The summed E-state index contributed by atoms with van der Waals surface area (Å²) in [4.78, 5) is 66.9. The molecule has 9 nitrogen and oxygen atoms in total. The van der Waals surface area contributed by atoms with Crippen LogP contribution in [0.3, 0.4) is 0 Å². The van der Waals surface area contributed by atoms with Gasteiger partial charge < -0.3 is 9.47 Å². The molecule has 3 amide bonds. The Hall–Kier alpha value is -4.50. The molecule has 2 aliphatic carbocycles. The SMILES string of the molecule is COc1cccc(C(=O)Oc2ccc(C(=O)CN(C(=O)c3ccccc3Cl)N3C(=O)[C@@H]4[C@H]5CC[C@@H](C5)[C@@H]4C3=O)cc2)c1. The van der Waals surface area contributed by atoms with Gasteiger partial charge >= 0.3 is 5.97 Å². The van der Waals surface area contributed by atoms with Gasteiger partial charge in [-0.15, -0.1) is 0 Å². The molecular formula is C32H27ClN2O7. The van der Waals surface area contributed by atoms with E-state index in [-0.39, 0.29) is 33.7 Å². The topological polar surface area (TPSA) is 110 Å². The lowest BCUT2D eigenvalue weighted by Gasteiger charge is -2.31. The molecule has 10 heteroatoms. The standard InChI is InChI=1S/C32H27ClN2O7/c1-41-23-6-4-5-21(16-23)32(40)42-22-13-11-18(12-14-22)26(36)17-34(29(37)24-7-2-3-8-25(24)33)35-30(38)27-19-9-10-20(15-19)28(27)31(35)39/h2-8,11-14,16,19-20,27-28H,9-10,15,17H2,1H3/t19-,20-,27-,28+/m0/s1. The normalized spacial score (nSPS) is 22.2. The summed E-state index contributed by atoms with van der Waals surface area (Å²) >= 11 is 6.30. The predicted octanol–water partition coefficient (Wildman–Crippen LogP) is 4.84. The van der Waals surface area contributed by atoms with E-state index in [1.54, 1.807) is 36.4 Å². The smallest absolute Gasteiger partial charge is 0.343 e. The van der Waals surface area contributed by atoms with Crippen LogP contribution >= 0.6 is 11.6 Å². The van der Waals surface area contributed by atoms with Crippen molar-refractivity contribution in [1.29, 1.82) is 0 Å². The summed E-state index contributed by atoms with van der Waals surface area (Å²) in [6.45, 7) is -0.556. The van der Waals surface area contributed by atoms with Crippen molar-refractivity contribution in [3.63, 3.8) is 0 Å². The van der Waals surface area contributed by atoms with Gasteiger partial charge in [0.05, 0.1) is 35.1 Å². The number of hydrogen-bond donors (Lipinski definition) is 0. The van der Waals surface area contributed by atoms with Crippen molar-refractivity contribution >= 4 is 41.1 Å². The van der Waals surface area contributed by atoms with Crippen LogP contribution in [0.5, 0.6) is 11.5 Å². The van der Waals surface area contributed by atoms with Gasteiger partial charge in [-0.1, -0.05) is 29.8 Å². The van der Waals surface area contributed by atoms with E-state index >= 15 is 0 Å². The Morgan fingerprint density at radius 3 is 2.17 bits per heavy atom. The number of ketones is 1. The van der Waals surface area contributed by atoms with Crippen LogP contribution in [-0.4, -0.2) is 53.1 Å². The van der Waals surface area contributed by atoms with Crippen molar-refractivity contribution in [2.75, 3.05) is 13.7 Å². The zero-order valence-electron chi connectivity index (χ0n) is 22.7. The average Bonchev–Trinajstić information content (AvgIpc) is 3.69. The molecule has 0 spiro atoms. The van der Waals surface area contributed by atoms with E-state index in [1.807, 2.05) is 0 Å². The number of carbonyl (C=O) groups excluding carboxylic acids is 5. The number of imide groups is 1. The van der Waals surface area contributed by atoms with E-state index in [2.05, 4.69) is 0 Å². The van der Waals surface area contributed by atoms with Crippen LogP contribution in [0, 0.1) is 23.7 Å². The molecular weight excluding hydrogens is 560 g/mol. The van der Waals surface area contributed by atoms with Crippen LogP contribution < -0.4 is 9.47 Å². The summed E-state index contributed by atoms with van der Waals surface area (Å²) in [5.41, 5.74) is 0.571. The van der Waals surface area contributed by atoms with E-state index < -0.39 is 47.9 Å². The second kappa shape index (κ2) is 11.1. The Labute approximate surface area is 246 Å². The van der Waals surface area contributed by atoms with Crippen LogP contribution in [0.4, 0.5) is 0 Å². The number of amides is 3. The molecule has 1 saturated heterocycles. The van der Waals surface area contributed by atoms with E-state index in [9.17, 15) is 24.0 Å². The molecule has 42 heavy (non-hydrogen) atoms. The zero-order chi connectivity index (χ0) is 29.5. The second-order valence-electron chi connectivity index (χ2n) is 10.8. The first-order valence-corrected chi connectivity index (χ1v) is 14.1. The van der Waals surface area contributed by atoms with Gasteiger partial charge in [0, 0.05) is 5.56 Å². The maximum Gasteiger partial charge on any atom is 0.343 e. The van der Waals surface area contributed by atoms with Crippen molar-refractivity contribution in [2.45, 2.75) is 19.3 Å². The number of benzene rings is 3. The molecule has 0 aromatic heterocycles. The van der Waals surface area contributed by atoms with Crippen LogP contribution in [0.2, 0.25) is 5.02 Å². The Balaban J connectivity index is 1.23. The van der Waals surface area contributed by atoms with Crippen LogP contribution in [-0.2, 0) is 9.59 Å². The zero-order valence-corrected chi connectivity index (χ0v) is 23.5. The first-order valence-electron chi connectivity index (χ1n) is 13.7. The van der Waals surface area contributed by atoms with Gasteiger partial charge in [0.15, 0.2) is 5.78 Å². The number of rotatable bonds is 8. The van der Waals surface area contributed by atoms with Gasteiger partial charge in [-0.25, -0.2) is 9.80 Å². The van der Waals surface area contributed by atoms with Gasteiger partial charge in [0.25, 0.3) is 17.7 Å². The molecule has 4 atom stereocenters. The van der Waals surface area contributed by atoms with E-state index in [0.717, 1.165) is 29.3 Å². The lowest BCUT2D eigenvalue weighted by Crippen LogP contribution is -2.52. The van der Waals surface area contributed by atoms with Gasteiger partial charge in [-0.3, -0.25) is 19.2 Å². The molecule has 2 bridgehead atoms. The number of methoxy groups -OCH3 is 1. The number of nitrogens with zero attached hydrogens (tertiary/aromatic N) is 2. The lowest BCUT2D eigenvalue weighted by molar-refractivity contribution is -0.155. The molecule has 2 saturated carbocycles. The Morgan fingerprint density at radius 1 is 0.857 bits per heavy atom. The minimum atomic E-state index is -0.716. The number of ether oxygens (including phenoxy) is 2. The first-order chi connectivity index (χ1) is 20.3. The summed E-state index contributed by atoms with van der Waals surface area (Å²) in [7, 11) is 1.49. The highest BCUT2D eigenvalue weighted by molar-refractivity contribution is 6.34. The summed E-state index contributed by atoms with van der Waals surface area (Å²) in [5, 5.41) is 1.96. The highest BCUT2D eigenvalue weighted by Gasteiger charge is 2.62. The van der Waals surface area contributed by atoms with E-state index in [1.165, 1.54) is 43.5 Å². The van der Waals surface area contributed by atoms with Crippen molar-refractivity contribution in [2.24, 2.45) is 23.7 Å². The number of hydrazine groups is 1. The molecule has 3 aliphatic rings. The minimum absolute atomic E-state index is 0.0763. The summed E-state index contributed by atoms with van der Waals surface area (Å²) in [6, 6.07) is 18.6. The number of carbonyl (C=O) groups is 5. The van der Waals surface area contributed by atoms with Crippen molar-refractivity contribution in [3.05, 3.63) is 94.5 Å². The Morgan fingerprint density at radius 2 is 1.52 bits per heavy atom. The second-order valence-corrected chi connectivity index (χ2v) is 11.2. The molecule has 1 heterocycles. The third-order valence-corrected chi connectivity index (χ3v) is 8.80. The highest BCUT2D eigenvalue weighted by Crippen LogP contribution is 2.56. The van der Waals surface area contributed by atoms with E-state index in [0.29, 0.717) is 11.3 Å². The maximum absolute atomic E-state index is 13.7. The number of hydrogen-bond acceptors (Lipinski definition) is 7. The molecule has 0 unspecified atom stereocenters. The largest absolute Gasteiger partial charge is 0.497 e. The maximum atomic E-state index is 13.7. The summed E-state index contributed by atoms with van der Waals surface area (Å²) in [6.07, 6.45) is 2.60. The molecule has 6 rings (SSSR count). The highest BCUT2D eigenvalue weighted by atomic mass is 35.5. The minimum Gasteiger partial charge on any atom is -0.497 e. The number of halogens is 1. The van der Waals surface area contributed by atoms with Crippen LogP contribution in [0.25, 0.3) is 0 Å².